The van der Waals surface area contributed by atoms with Crippen LogP contribution in [0.2, 0.25) is 0 Å². The van der Waals surface area contributed by atoms with Gasteiger partial charge in [-0.25, -0.2) is 0 Å². The highest BCUT2D eigenvalue weighted by Gasteiger charge is 2.27. The largest absolute Gasteiger partial charge is 0.376 e. The molecule has 2 rings (SSSR count). The standard InChI is InChI=1S/C13H23N3O3/c14-10-1-3-11(4-2-10)19-6-5-15-13(18)9-7-12(17)16-8-9/h9-11H,1-8,14H2,(H,15,18)(H,16,17). The Kier molecular flexibility index (Phi) is 5.15. The average molecular weight is 269 g/mol. The average Bonchev–Trinajstić information content (AvgIpc) is 2.83. The first-order valence-corrected chi connectivity index (χ1v) is 7.06. The van der Waals surface area contributed by atoms with E-state index in [4.69, 9.17) is 10.5 Å². The van der Waals surface area contributed by atoms with Gasteiger partial charge in [0.05, 0.1) is 18.6 Å². The molecule has 0 aromatic rings. The predicted octanol–water partition coefficient (Wildman–Crippen LogP) is -0.475. The highest BCUT2D eigenvalue weighted by Crippen LogP contribution is 2.19. The van der Waals surface area contributed by atoms with Gasteiger partial charge in [0.2, 0.25) is 11.8 Å². The van der Waals surface area contributed by atoms with Crippen LogP contribution in [0.3, 0.4) is 0 Å². The van der Waals surface area contributed by atoms with E-state index in [1.807, 2.05) is 0 Å². The summed E-state index contributed by atoms with van der Waals surface area (Å²) in [5.74, 6) is -0.331. The number of carbonyl (C=O) groups excluding carboxylic acids is 2. The maximum absolute atomic E-state index is 11.7. The number of ether oxygens (including phenoxy) is 1. The van der Waals surface area contributed by atoms with E-state index < -0.39 is 0 Å². The summed E-state index contributed by atoms with van der Waals surface area (Å²) in [6.45, 7) is 1.48. The van der Waals surface area contributed by atoms with Crippen LogP contribution in [0, 0.1) is 5.92 Å². The third kappa shape index (κ3) is 4.47. The summed E-state index contributed by atoms with van der Waals surface area (Å²) in [7, 11) is 0. The van der Waals surface area contributed by atoms with Crippen molar-refractivity contribution in [3.63, 3.8) is 0 Å². The van der Waals surface area contributed by atoms with Gasteiger partial charge in [-0.15, -0.1) is 0 Å². The Labute approximate surface area is 113 Å². The van der Waals surface area contributed by atoms with Crippen molar-refractivity contribution < 1.29 is 14.3 Å². The van der Waals surface area contributed by atoms with Crippen molar-refractivity contribution in [3.8, 4) is 0 Å². The summed E-state index contributed by atoms with van der Waals surface area (Å²) < 4.78 is 5.71. The van der Waals surface area contributed by atoms with Crippen molar-refractivity contribution in [1.82, 2.24) is 10.6 Å². The smallest absolute Gasteiger partial charge is 0.225 e. The molecule has 1 heterocycles. The van der Waals surface area contributed by atoms with Gasteiger partial charge in [0.25, 0.3) is 0 Å². The van der Waals surface area contributed by atoms with Crippen LogP contribution in [0.1, 0.15) is 32.1 Å². The zero-order valence-electron chi connectivity index (χ0n) is 11.2. The lowest BCUT2D eigenvalue weighted by Crippen LogP contribution is -2.36. The molecule has 2 aliphatic rings. The van der Waals surface area contributed by atoms with E-state index in [1.54, 1.807) is 0 Å². The normalized spacial score (nSPS) is 31.0. The lowest BCUT2D eigenvalue weighted by atomic mass is 9.94. The second-order valence-corrected chi connectivity index (χ2v) is 5.40. The molecular formula is C13H23N3O3. The topological polar surface area (TPSA) is 93.4 Å². The highest BCUT2D eigenvalue weighted by atomic mass is 16.5. The van der Waals surface area contributed by atoms with Gasteiger partial charge in [0.1, 0.15) is 0 Å². The highest BCUT2D eigenvalue weighted by molar-refractivity contribution is 5.89. The molecule has 2 fully saturated rings. The van der Waals surface area contributed by atoms with Crippen molar-refractivity contribution in [3.05, 3.63) is 0 Å². The van der Waals surface area contributed by atoms with Crippen molar-refractivity contribution in [2.45, 2.75) is 44.2 Å². The lowest BCUT2D eigenvalue weighted by Gasteiger charge is -2.26. The molecule has 0 aromatic carbocycles. The predicted molar refractivity (Wildman–Crippen MR) is 70.3 cm³/mol. The van der Waals surface area contributed by atoms with E-state index in [1.165, 1.54) is 0 Å². The zero-order valence-corrected chi connectivity index (χ0v) is 11.2. The minimum Gasteiger partial charge on any atom is -0.376 e. The van der Waals surface area contributed by atoms with Crippen LogP contribution in [0.4, 0.5) is 0 Å². The number of nitrogens with one attached hydrogen (secondary N) is 2. The minimum atomic E-state index is -0.222. The van der Waals surface area contributed by atoms with Crippen LogP contribution in [0.15, 0.2) is 0 Å². The molecule has 1 aliphatic carbocycles. The van der Waals surface area contributed by atoms with Crippen LogP contribution in [0.5, 0.6) is 0 Å². The molecule has 19 heavy (non-hydrogen) atoms. The van der Waals surface area contributed by atoms with Gasteiger partial charge in [-0.3, -0.25) is 9.59 Å². The summed E-state index contributed by atoms with van der Waals surface area (Å²) >= 11 is 0. The van der Waals surface area contributed by atoms with Gasteiger partial charge in [-0.2, -0.15) is 0 Å². The quantitative estimate of drug-likeness (QED) is 0.588. The first-order chi connectivity index (χ1) is 9.15. The van der Waals surface area contributed by atoms with Gasteiger partial charge < -0.3 is 21.1 Å². The molecular weight excluding hydrogens is 246 g/mol. The molecule has 6 heteroatoms. The Balaban J connectivity index is 1.54. The fourth-order valence-electron chi connectivity index (χ4n) is 2.59. The number of carbonyl (C=O) groups is 2. The van der Waals surface area contributed by atoms with Gasteiger partial charge >= 0.3 is 0 Å². The van der Waals surface area contributed by atoms with Crippen LogP contribution in [0.25, 0.3) is 0 Å². The number of rotatable bonds is 5. The first kappa shape index (κ1) is 14.3. The molecule has 1 atom stereocenters. The number of hydrogen-bond donors (Lipinski definition) is 3. The van der Waals surface area contributed by atoms with E-state index >= 15 is 0 Å². The fraction of sp³-hybridized carbons (Fsp3) is 0.846. The summed E-state index contributed by atoms with van der Waals surface area (Å²) in [5, 5.41) is 5.47. The Morgan fingerprint density at radius 2 is 2.11 bits per heavy atom. The molecule has 1 unspecified atom stereocenters. The summed E-state index contributed by atoms with van der Waals surface area (Å²) in [5.41, 5.74) is 5.83. The molecule has 1 saturated carbocycles. The summed E-state index contributed by atoms with van der Waals surface area (Å²) in [6, 6.07) is 0.326. The Morgan fingerprint density at radius 1 is 1.37 bits per heavy atom. The van der Waals surface area contributed by atoms with Gasteiger partial charge in [-0.1, -0.05) is 0 Å². The van der Waals surface area contributed by atoms with Gasteiger partial charge in [0, 0.05) is 25.6 Å². The van der Waals surface area contributed by atoms with E-state index in [0.717, 1.165) is 25.7 Å². The molecule has 6 nitrogen and oxygen atoms in total. The van der Waals surface area contributed by atoms with E-state index in [2.05, 4.69) is 10.6 Å². The summed E-state index contributed by atoms with van der Waals surface area (Å²) in [4.78, 5) is 22.7. The van der Waals surface area contributed by atoms with Crippen LogP contribution in [-0.4, -0.2) is 43.7 Å². The summed E-state index contributed by atoms with van der Waals surface area (Å²) in [6.07, 6.45) is 4.64. The maximum Gasteiger partial charge on any atom is 0.225 e. The van der Waals surface area contributed by atoms with Crippen molar-refractivity contribution >= 4 is 11.8 Å². The Hall–Kier alpha value is -1.14. The monoisotopic (exact) mass is 269 g/mol. The second kappa shape index (κ2) is 6.86. The van der Waals surface area contributed by atoms with Gasteiger partial charge in [-0.05, 0) is 25.7 Å². The SMILES string of the molecule is NC1CCC(OCCNC(=O)C2CNC(=O)C2)CC1. The fourth-order valence-corrected chi connectivity index (χ4v) is 2.59. The lowest BCUT2D eigenvalue weighted by molar-refractivity contribution is -0.126. The molecule has 2 amide bonds. The van der Waals surface area contributed by atoms with Crippen LogP contribution >= 0.6 is 0 Å². The molecule has 0 spiro atoms. The molecule has 0 bridgehead atoms. The van der Waals surface area contributed by atoms with Gasteiger partial charge in [0.15, 0.2) is 0 Å². The minimum absolute atomic E-state index is 0.0463. The zero-order chi connectivity index (χ0) is 13.7. The molecule has 1 saturated heterocycles. The molecule has 108 valence electrons. The maximum atomic E-state index is 11.7. The molecule has 0 aromatic heterocycles. The number of hydrogen-bond acceptors (Lipinski definition) is 4. The Morgan fingerprint density at radius 3 is 2.74 bits per heavy atom. The number of nitrogens with two attached hydrogens (primary N) is 1. The van der Waals surface area contributed by atoms with Crippen LogP contribution < -0.4 is 16.4 Å². The van der Waals surface area contributed by atoms with E-state index in [0.29, 0.717) is 32.2 Å². The van der Waals surface area contributed by atoms with Crippen molar-refractivity contribution in [2.24, 2.45) is 11.7 Å². The molecule has 0 radical (unpaired) electrons. The molecule has 4 N–H and O–H groups in total. The third-order valence-electron chi connectivity index (χ3n) is 3.82. The van der Waals surface area contributed by atoms with Crippen LogP contribution in [-0.2, 0) is 14.3 Å². The van der Waals surface area contributed by atoms with Crippen molar-refractivity contribution in [2.75, 3.05) is 19.7 Å². The van der Waals surface area contributed by atoms with E-state index in [-0.39, 0.29) is 23.8 Å². The first-order valence-electron chi connectivity index (χ1n) is 7.06. The third-order valence-corrected chi connectivity index (χ3v) is 3.82. The van der Waals surface area contributed by atoms with E-state index in [9.17, 15) is 9.59 Å². The Bertz CT molecular complexity index is 327. The number of amides is 2. The second-order valence-electron chi connectivity index (χ2n) is 5.40. The van der Waals surface area contributed by atoms with Crippen molar-refractivity contribution in [1.29, 1.82) is 0 Å². The molecule has 1 aliphatic heterocycles.